The third-order valence-corrected chi connectivity index (χ3v) is 4.26. The zero-order valence-electron chi connectivity index (χ0n) is 13.9. The van der Waals surface area contributed by atoms with Crippen molar-refractivity contribution in [2.45, 2.75) is 6.42 Å². The van der Waals surface area contributed by atoms with Crippen LogP contribution in [0.3, 0.4) is 0 Å². The molecule has 0 spiro atoms. The second kappa shape index (κ2) is 7.21. The van der Waals surface area contributed by atoms with Gasteiger partial charge in [-0.1, -0.05) is 36.4 Å². The Morgan fingerprint density at radius 2 is 1.64 bits per heavy atom. The highest BCUT2D eigenvalue weighted by atomic mass is 16.5. The van der Waals surface area contributed by atoms with Crippen molar-refractivity contribution in [1.82, 2.24) is 0 Å². The zero-order chi connectivity index (χ0) is 17.8. The minimum atomic E-state index is -0.921. The van der Waals surface area contributed by atoms with Gasteiger partial charge in [0.2, 0.25) is 5.91 Å². The largest absolute Gasteiger partial charge is 0.497 e. The van der Waals surface area contributed by atoms with Gasteiger partial charge in [-0.3, -0.25) is 9.59 Å². The van der Waals surface area contributed by atoms with Gasteiger partial charge in [0.25, 0.3) is 0 Å². The summed E-state index contributed by atoms with van der Waals surface area (Å²) in [5, 5.41) is 9.06. The lowest BCUT2D eigenvalue weighted by molar-refractivity contribution is -0.141. The van der Waals surface area contributed by atoms with E-state index in [-0.39, 0.29) is 18.9 Å². The van der Waals surface area contributed by atoms with Crippen LogP contribution in [0.4, 0.5) is 5.69 Å². The number of carbonyl (C=O) groups is 2. The Bertz CT molecular complexity index is 793. The highest BCUT2D eigenvalue weighted by molar-refractivity contribution is 5.99. The number of carbonyl (C=O) groups excluding carboxylic acids is 1. The van der Waals surface area contributed by atoms with Crippen LogP contribution in [-0.2, 0) is 9.59 Å². The lowest BCUT2D eigenvalue weighted by atomic mass is 10.1. The molecule has 1 amide bonds. The molecule has 5 nitrogen and oxygen atoms in total. The second-order valence-electron chi connectivity index (χ2n) is 5.94. The Hall–Kier alpha value is -3.08. The standard InChI is InChI=1S/C20H19NO4/c1-25-18-10-6-15(7-11-18)3-2-14-4-8-17(9-5-14)21-13-16(20(23)24)12-19(21)22/h2-11,16H,12-13H2,1H3,(H,23,24)/b3-2+/t16-/m0/s1. The summed E-state index contributed by atoms with van der Waals surface area (Å²) in [6.07, 6.45) is 4.04. The van der Waals surface area contributed by atoms with Crippen LogP contribution < -0.4 is 9.64 Å². The van der Waals surface area contributed by atoms with E-state index in [1.807, 2.05) is 60.7 Å². The van der Waals surface area contributed by atoms with Gasteiger partial charge in [-0.25, -0.2) is 0 Å². The third kappa shape index (κ3) is 3.88. The van der Waals surface area contributed by atoms with E-state index in [1.165, 1.54) is 4.90 Å². The number of benzene rings is 2. The van der Waals surface area contributed by atoms with Crippen LogP contribution >= 0.6 is 0 Å². The molecule has 128 valence electrons. The molecule has 1 saturated heterocycles. The van der Waals surface area contributed by atoms with E-state index in [0.717, 1.165) is 22.6 Å². The van der Waals surface area contributed by atoms with Gasteiger partial charge in [0.15, 0.2) is 0 Å². The molecule has 0 unspecified atom stereocenters. The van der Waals surface area contributed by atoms with E-state index in [4.69, 9.17) is 9.84 Å². The van der Waals surface area contributed by atoms with Gasteiger partial charge in [-0.05, 0) is 35.4 Å². The molecule has 0 saturated carbocycles. The van der Waals surface area contributed by atoms with Crippen molar-refractivity contribution >= 4 is 29.7 Å². The normalized spacial score (nSPS) is 17.2. The van der Waals surface area contributed by atoms with Crippen molar-refractivity contribution < 1.29 is 19.4 Å². The highest BCUT2D eigenvalue weighted by Gasteiger charge is 2.34. The minimum Gasteiger partial charge on any atom is -0.497 e. The number of carboxylic acids is 1. The van der Waals surface area contributed by atoms with Crippen molar-refractivity contribution in [3.05, 3.63) is 59.7 Å². The number of amides is 1. The van der Waals surface area contributed by atoms with Gasteiger partial charge in [-0.2, -0.15) is 0 Å². The van der Waals surface area contributed by atoms with Crippen molar-refractivity contribution in [2.24, 2.45) is 5.92 Å². The third-order valence-electron chi connectivity index (χ3n) is 4.26. The van der Waals surface area contributed by atoms with Crippen LogP contribution in [0, 0.1) is 5.92 Å². The first kappa shape index (κ1) is 16.8. The number of aliphatic carboxylic acids is 1. The fraction of sp³-hybridized carbons (Fsp3) is 0.200. The van der Waals surface area contributed by atoms with Crippen LogP contribution in [0.15, 0.2) is 48.5 Å². The van der Waals surface area contributed by atoms with Crippen LogP contribution in [0.1, 0.15) is 17.5 Å². The zero-order valence-corrected chi connectivity index (χ0v) is 13.9. The predicted molar refractivity (Wildman–Crippen MR) is 96.5 cm³/mol. The Morgan fingerprint density at radius 3 is 2.12 bits per heavy atom. The molecule has 1 aliphatic heterocycles. The summed E-state index contributed by atoms with van der Waals surface area (Å²) in [4.78, 5) is 24.6. The number of methoxy groups -OCH3 is 1. The van der Waals surface area contributed by atoms with Gasteiger partial charge in [-0.15, -0.1) is 0 Å². The van der Waals surface area contributed by atoms with Crippen molar-refractivity contribution in [2.75, 3.05) is 18.6 Å². The van der Waals surface area contributed by atoms with Crippen LogP contribution in [-0.4, -0.2) is 30.6 Å². The van der Waals surface area contributed by atoms with Gasteiger partial charge < -0.3 is 14.7 Å². The summed E-state index contributed by atoms with van der Waals surface area (Å²) in [5.74, 6) is -0.873. The Morgan fingerprint density at radius 1 is 1.08 bits per heavy atom. The molecule has 1 N–H and O–H groups in total. The number of ether oxygens (including phenoxy) is 1. The number of nitrogens with zero attached hydrogens (tertiary/aromatic N) is 1. The summed E-state index contributed by atoms with van der Waals surface area (Å²) in [5.41, 5.74) is 2.79. The molecular formula is C20H19NO4. The van der Waals surface area contributed by atoms with Gasteiger partial charge in [0, 0.05) is 18.7 Å². The van der Waals surface area contributed by atoms with Gasteiger partial charge in [0.1, 0.15) is 5.75 Å². The van der Waals surface area contributed by atoms with E-state index >= 15 is 0 Å². The molecule has 1 aliphatic rings. The topological polar surface area (TPSA) is 66.8 Å². The van der Waals surface area contributed by atoms with Crippen LogP contribution in [0.2, 0.25) is 0 Å². The molecule has 5 heteroatoms. The van der Waals surface area contributed by atoms with Crippen molar-refractivity contribution in [3.63, 3.8) is 0 Å². The van der Waals surface area contributed by atoms with Crippen molar-refractivity contribution in [1.29, 1.82) is 0 Å². The average molecular weight is 337 g/mol. The summed E-state index contributed by atoms with van der Waals surface area (Å²) >= 11 is 0. The van der Waals surface area contributed by atoms with Crippen LogP contribution in [0.25, 0.3) is 12.2 Å². The average Bonchev–Trinajstić information content (AvgIpc) is 3.03. The molecule has 2 aromatic rings. The molecule has 0 radical (unpaired) electrons. The maximum absolute atomic E-state index is 12.0. The van der Waals surface area contributed by atoms with Gasteiger partial charge in [0.05, 0.1) is 13.0 Å². The molecule has 1 atom stereocenters. The molecular weight excluding hydrogens is 318 g/mol. The minimum absolute atomic E-state index is 0.0639. The van der Waals surface area contributed by atoms with E-state index in [9.17, 15) is 9.59 Å². The lowest BCUT2D eigenvalue weighted by Gasteiger charge is -2.16. The molecule has 1 fully saturated rings. The highest BCUT2D eigenvalue weighted by Crippen LogP contribution is 2.26. The number of rotatable bonds is 5. The summed E-state index contributed by atoms with van der Waals surface area (Å²) in [6, 6.07) is 15.3. The number of carboxylic acid groups (broad SMARTS) is 1. The van der Waals surface area contributed by atoms with E-state index < -0.39 is 11.9 Å². The van der Waals surface area contributed by atoms with Crippen LogP contribution in [0.5, 0.6) is 5.75 Å². The number of hydrogen-bond acceptors (Lipinski definition) is 3. The summed E-state index contributed by atoms with van der Waals surface area (Å²) in [7, 11) is 1.64. The molecule has 0 aromatic heterocycles. The molecule has 1 heterocycles. The maximum atomic E-state index is 12.0. The number of anilines is 1. The number of hydrogen-bond donors (Lipinski definition) is 1. The quantitative estimate of drug-likeness (QED) is 0.850. The predicted octanol–water partition coefficient (Wildman–Crippen LogP) is 3.30. The SMILES string of the molecule is COc1ccc(/C=C/c2ccc(N3C[C@@H](C(=O)O)CC3=O)cc2)cc1. The molecule has 0 bridgehead atoms. The Labute approximate surface area is 146 Å². The fourth-order valence-electron chi connectivity index (χ4n) is 2.80. The van der Waals surface area contributed by atoms with Crippen molar-refractivity contribution in [3.8, 4) is 5.75 Å². The fourth-order valence-corrected chi connectivity index (χ4v) is 2.80. The summed E-state index contributed by atoms with van der Waals surface area (Å²) < 4.78 is 5.13. The Balaban J connectivity index is 1.68. The molecule has 25 heavy (non-hydrogen) atoms. The second-order valence-corrected chi connectivity index (χ2v) is 5.94. The first-order valence-electron chi connectivity index (χ1n) is 8.02. The Kier molecular flexibility index (Phi) is 4.84. The monoisotopic (exact) mass is 337 g/mol. The van der Waals surface area contributed by atoms with E-state index in [1.54, 1.807) is 7.11 Å². The molecule has 3 rings (SSSR count). The van der Waals surface area contributed by atoms with Gasteiger partial charge >= 0.3 is 5.97 Å². The lowest BCUT2D eigenvalue weighted by Crippen LogP contribution is -2.25. The molecule has 0 aliphatic carbocycles. The first-order valence-corrected chi connectivity index (χ1v) is 8.02. The van der Waals surface area contributed by atoms with E-state index in [2.05, 4.69) is 0 Å². The van der Waals surface area contributed by atoms with E-state index in [0.29, 0.717) is 0 Å². The first-order chi connectivity index (χ1) is 12.1. The summed E-state index contributed by atoms with van der Waals surface area (Å²) in [6.45, 7) is 0.231. The maximum Gasteiger partial charge on any atom is 0.308 e. The smallest absolute Gasteiger partial charge is 0.308 e. The molecule has 2 aromatic carbocycles.